The Hall–Kier alpha value is -3.14. The van der Waals surface area contributed by atoms with E-state index in [1.165, 1.54) is 0 Å². The van der Waals surface area contributed by atoms with Crippen LogP contribution in [0.25, 0.3) is 10.5 Å². The number of fused-ring (bicyclic) bond motifs is 1. The van der Waals surface area contributed by atoms with Crippen molar-refractivity contribution in [1.82, 2.24) is 19.6 Å². The summed E-state index contributed by atoms with van der Waals surface area (Å²) in [5.74, 6) is 1.31. The molecule has 0 aliphatic heterocycles. The number of nitrogens with two attached hydrogens (primary N) is 1. The third-order valence-electron chi connectivity index (χ3n) is 4.41. The van der Waals surface area contributed by atoms with Crippen LogP contribution < -0.4 is 11.1 Å². The topological polar surface area (TPSA) is 85.5 Å². The van der Waals surface area contributed by atoms with E-state index in [0.717, 1.165) is 41.1 Å². The molecule has 0 saturated heterocycles. The van der Waals surface area contributed by atoms with E-state index in [1.807, 2.05) is 32.0 Å². The predicted molar refractivity (Wildman–Crippen MR) is 108 cm³/mol. The molecular weight excluding hydrogens is 338 g/mol. The van der Waals surface area contributed by atoms with Crippen LogP contribution in [0.15, 0.2) is 18.2 Å². The van der Waals surface area contributed by atoms with Gasteiger partial charge < -0.3 is 11.1 Å². The van der Waals surface area contributed by atoms with E-state index in [-0.39, 0.29) is 0 Å². The number of aryl methyl sites for hydroxylation is 2. The second-order valence-electron chi connectivity index (χ2n) is 7.15. The van der Waals surface area contributed by atoms with Crippen LogP contribution in [0.5, 0.6) is 0 Å². The fraction of sp³-hybridized carbons (Fsp3) is 0.400. The molecule has 0 atom stereocenters. The van der Waals surface area contributed by atoms with Gasteiger partial charge in [-0.05, 0) is 38.3 Å². The molecule has 0 aromatic carbocycles. The standard InChI is InChI=1S/C20H25N7/c1-12(2)11-16-14(4)26-27-18(21)17(22-5)19(25-20(16)27)23-10-9-15-8-6-7-13(3)24-15/h6-8,12H,9-11,21H2,1-4H3,(H,23,25). The fourth-order valence-electron chi connectivity index (χ4n) is 3.14. The van der Waals surface area contributed by atoms with E-state index >= 15 is 0 Å². The highest BCUT2D eigenvalue weighted by Crippen LogP contribution is 2.33. The van der Waals surface area contributed by atoms with Crippen LogP contribution in [0.3, 0.4) is 0 Å². The highest BCUT2D eigenvalue weighted by atomic mass is 15.3. The Morgan fingerprint density at radius 3 is 2.70 bits per heavy atom. The summed E-state index contributed by atoms with van der Waals surface area (Å²) in [6, 6.07) is 5.97. The molecule has 3 aromatic rings. The van der Waals surface area contributed by atoms with Crippen LogP contribution in [0.1, 0.15) is 36.5 Å². The van der Waals surface area contributed by atoms with Crippen LogP contribution in [0.4, 0.5) is 17.3 Å². The number of rotatable bonds is 6. The maximum atomic E-state index is 7.51. The van der Waals surface area contributed by atoms with Gasteiger partial charge in [-0.1, -0.05) is 19.9 Å². The van der Waals surface area contributed by atoms with Gasteiger partial charge in [-0.3, -0.25) is 4.98 Å². The van der Waals surface area contributed by atoms with E-state index in [2.05, 4.69) is 34.1 Å². The molecule has 0 aliphatic rings. The molecule has 0 saturated carbocycles. The van der Waals surface area contributed by atoms with Crippen molar-refractivity contribution in [2.24, 2.45) is 5.92 Å². The Kier molecular flexibility index (Phi) is 5.26. The molecule has 27 heavy (non-hydrogen) atoms. The third-order valence-corrected chi connectivity index (χ3v) is 4.41. The van der Waals surface area contributed by atoms with E-state index in [1.54, 1.807) is 4.52 Å². The Morgan fingerprint density at radius 1 is 1.26 bits per heavy atom. The van der Waals surface area contributed by atoms with Crippen LogP contribution in [-0.2, 0) is 12.8 Å². The van der Waals surface area contributed by atoms with Gasteiger partial charge in [0.15, 0.2) is 5.65 Å². The van der Waals surface area contributed by atoms with Crippen LogP contribution in [0, 0.1) is 26.3 Å². The SMILES string of the molecule is [C-]#[N+]c1c(NCCc2cccc(C)n2)nc2c(CC(C)C)c(C)nn2c1N. The first-order valence-electron chi connectivity index (χ1n) is 9.12. The van der Waals surface area contributed by atoms with Crippen molar-refractivity contribution < 1.29 is 0 Å². The first-order chi connectivity index (χ1) is 12.9. The lowest BCUT2D eigenvalue weighted by Gasteiger charge is -2.11. The predicted octanol–water partition coefficient (Wildman–Crippen LogP) is 3.73. The second-order valence-corrected chi connectivity index (χ2v) is 7.15. The number of anilines is 2. The molecule has 0 aliphatic carbocycles. The minimum Gasteiger partial charge on any atom is -0.392 e. The summed E-state index contributed by atoms with van der Waals surface area (Å²) in [5.41, 5.74) is 11.2. The molecule has 7 heteroatoms. The molecular formula is C20H25N7. The van der Waals surface area contributed by atoms with Gasteiger partial charge in [0.1, 0.15) is 11.6 Å². The first-order valence-corrected chi connectivity index (χ1v) is 9.12. The quantitative estimate of drug-likeness (QED) is 0.652. The van der Waals surface area contributed by atoms with Gasteiger partial charge in [-0.2, -0.15) is 5.10 Å². The summed E-state index contributed by atoms with van der Waals surface area (Å²) in [7, 11) is 0. The minimum atomic E-state index is 0.304. The van der Waals surface area contributed by atoms with Crippen molar-refractivity contribution in [3.8, 4) is 0 Å². The maximum absolute atomic E-state index is 7.51. The van der Waals surface area contributed by atoms with Crippen molar-refractivity contribution in [1.29, 1.82) is 0 Å². The Labute approximate surface area is 159 Å². The highest BCUT2D eigenvalue weighted by Gasteiger charge is 2.19. The fourth-order valence-corrected chi connectivity index (χ4v) is 3.14. The van der Waals surface area contributed by atoms with Crippen molar-refractivity contribution in [2.75, 3.05) is 17.6 Å². The van der Waals surface area contributed by atoms with Crippen LogP contribution >= 0.6 is 0 Å². The van der Waals surface area contributed by atoms with Gasteiger partial charge in [0.05, 0.1) is 12.3 Å². The van der Waals surface area contributed by atoms with Gasteiger partial charge in [-0.25, -0.2) is 14.3 Å². The zero-order chi connectivity index (χ0) is 19.6. The molecule has 0 radical (unpaired) electrons. The van der Waals surface area contributed by atoms with Crippen molar-refractivity contribution in [3.63, 3.8) is 0 Å². The molecule has 3 heterocycles. The molecule has 0 amide bonds. The number of aromatic nitrogens is 4. The van der Waals surface area contributed by atoms with E-state index in [0.29, 0.717) is 29.8 Å². The highest BCUT2D eigenvalue weighted by molar-refractivity contribution is 5.80. The van der Waals surface area contributed by atoms with Gasteiger partial charge in [-0.15, -0.1) is 0 Å². The molecule has 0 unspecified atom stereocenters. The smallest absolute Gasteiger partial charge is 0.268 e. The largest absolute Gasteiger partial charge is 0.392 e. The Balaban J connectivity index is 1.92. The lowest BCUT2D eigenvalue weighted by Crippen LogP contribution is -2.11. The normalized spacial score (nSPS) is 11.1. The van der Waals surface area contributed by atoms with E-state index in [9.17, 15) is 0 Å². The number of hydrogen-bond acceptors (Lipinski definition) is 5. The number of pyridine rings is 1. The molecule has 0 spiro atoms. The average Bonchev–Trinajstić information content (AvgIpc) is 2.91. The van der Waals surface area contributed by atoms with Crippen LogP contribution in [0.2, 0.25) is 0 Å². The average molecular weight is 363 g/mol. The monoisotopic (exact) mass is 363 g/mol. The number of nitrogens with one attached hydrogen (secondary N) is 1. The molecule has 3 aromatic heterocycles. The first kappa shape index (κ1) is 18.6. The van der Waals surface area contributed by atoms with Crippen LogP contribution in [-0.4, -0.2) is 26.1 Å². The Morgan fingerprint density at radius 2 is 2.04 bits per heavy atom. The lowest BCUT2D eigenvalue weighted by molar-refractivity contribution is 0.647. The molecule has 3 rings (SSSR count). The van der Waals surface area contributed by atoms with Crippen molar-refractivity contribution >= 4 is 23.0 Å². The zero-order valence-electron chi connectivity index (χ0n) is 16.2. The maximum Gasteiger partial charge on any atom is 0.268 e. The van der Waals surface area contributed by atoms with Crippen molar-refractivity contribution in [2.45, 2.75) is 40.5 Å². The molecule has 140 valence electrons. The number of hydrogen-bond donors (Lipinski definition) is 2. The van der Waals surface area contributed by atoms with E-state index < -0.39 is 0 Å². The van der Waals surface area contributed by atoms with Gasteiger partial charge >= 0.3 is 0 Å². The molecule has 3 N–H and O–H groups in total. The summed E-state index contributed by atoms with van der Waals surface area (Å²) in [6.07, 6.45) is 1.61. The van der Waals surface area contributed by atoms with E-state index in [4.69, 9.17) is 17.3 Å². The summed E-state index contributed by atoms with van der Waals surface area (Å²) < 4.78 is 1.59. The summed E-state index contributed by atoms with van der Waals surface area (Å²) in [4.78, 5) is 12.8. The number of nitrogens with zero attached hydrogens (tertiary/aromatic N) is 5. The van der Waals surface area contributed by atoms with Gasteiger partial charge in [0.2, 0.25) is 0 Å². The molecule has 0 fully saturated rings. The Bertz CT molecular complexity index is 1010. The third kappa shape index (κ3) is 3.85. The van der Waals surface area contributed by atoms with Crippen molar-refractivity contribution in [3.05, 3.63) is 52.3 Å². The van der Waals surface area contributed by atoms with Gasteiger partial charge in [0.25, 0.3) is 5.69 Å². The number of nitrogen functional groups attached to an aromatic ring is 1. The lowest BCUT2D eigenvalue weighted by atomic mass is 10.0. The minimum absolute atomic E-state index is 0.304. The second kappa shape index (κ2) is 7.62. The molecule has 7 nitrogen and oxygen atoms in total. The van der Waals surface area contributed by atoms with Gasteiger partial charge in [0, 0.05) is 29.9 Å². The molecule has 0 bridgehead atoms. The summed E-state index contributed by atoms with van der Waals surface area (Å²) in [6.45, 7) is 16.4. The summed E-state index contributed by atoms with van der Waals surface area (Å²) >= 11 is 0. The zero-order valence-corrected chi connectivity index (χ0v) is 16.2. The summed E-state index contributed by atoms with van der Waals surface area (Å²) in [5, 5.41) is 7.77.